The third-order valence-corrected chi connectivity index (χ3v) is 5.16. The molecular weight excluding hydrogens is 266 g/mol. The number of benzene rings is 2. The molecule has 3 rings (SSSR count). The zero-order chi connectivity index (χ0) is 15.5. The van der Waals surface area contributed by atoms with Crippen molar-refractivity contribution < 1.29 is 0 Å². The number of nitrogens with zero attached hydrogens (tertiary/aromatic N) is 1. The molecule has 0 aromatic heterocycles. The quantitative estimate of drug-likeness (QED) is 0.730. The van der Waals surface area contributed by atoms with E-state index in [9.17, 15) is 0 Å². The fourth-order valence-electron chi connectivity index (χ4n) is 3.68. The highest BCUT2D eigenvalue weighted by Gasteiger charge is 2.33. The van der Waals surface area contributed by atoms with Crippen molar-refractivity contribution in [3.63, 3.8) is 0 Å². The lowest BCUT2D eigenvalue weighted by atomic mass is 9.85. The van der Waals surface area contributed by atoms with E-state index in [0.29, 0.717) is 17.9 Å². The molecule has 0 unspecified atom stereocenters. The van der Waals surface area contributed by atoms with Gasteiger partial charge in [0.25, 0.3) is 0 Å². The molecule has 1 aliphatic rings. The van der Waals surface area contributed by atoms with Crippen LogP contribution in [-0.4, -0.2) is 11.4 Å². The Kier molecular flexibility index (Phi) is 4.33. The molecule has 0 aliphatic carbocycles. The second-order valence-electron chi connectivity index (χ2n) is 6.37. The molecule has 0 N–H and O–H groups in total. The number of allylic oxidation sites excluding steroid dienone is 1. The molecule has 1 heteroatoms. The van der Waals surface area contributed by atoms with Crippen molar-refractivity contribution in [2.24, 2.45) is 5.92 Å². The number of rotatable bonds is 4. The van der Waals surface area contributed by atoms with Gasteiger partial charge in [-0.25, -0.2) is 0 Å². The van der Waals surface area contributed by atoms with Gasteiger partial charge < -0.3 is 4.90 Å². The molecule has 22 heavy (non-hydrogen) atoms. The van der Waals surface area contributed by atoms with E-state index >= 15 is 0 Å². The van der Waals surface area contributed by atoms with Crippen molar-refractivity contribution in [2.45, 2.75) is 32.2 Å². The summed E-state index contributed by atoms with van der Waals surface area (Å²) in [7, 11) is 0. The molecule has 2 aromatic rings. The van der Waals surface area contributed by atoms with Crippen LogP contribution >= 0.6 is 0 Å². The first-order valence-corrected chi connectivity index (χ1v) is 8.24. The van der Waals surface area contributed by atoms with Crippen LogP contribution in [0.5, 0.6) is 0 Å². The number of hydrogen-bond donors (Lipinski definition) is 0. The first kappa shape index (κ1) is 14.9. The molecule has 1 aliphatic heterocycles. The van der Waals surface area contributed by atoms with Gasteiger partial charge in [-0.2, -0.15) is 0 Å². The monoisotopic (exact) mass is 291 g/mol. The summed E-state index contributed by atoms with van der Waals surface area (Å²) in [6.45, 7) is 10.2. The molecule has 1 heterocycles. The summed E-state index contributed by atoms with van der Waals surface area (Å²) in [5.74, 6) is 1.08. The normalized spacial score (nSPS) is 20.9. The van der Waals surface area contributed by atoms with Crippen LogP contribution in [0.2, 0.25) is 0 Å². The van der Waals surface area contributed by atoms with Gasteiger partial charge in [0, 0.05) is 18.2 Å². The SMILES string of the molecule is C=C1[C@@H]([C@H](C)c2ccccc2)CCN1[C@@H](C)c1ccccc1. The molecule has 1 nitrogen and oxygen atoms in total. The molecular formula is C21H25N. The van der Waals surface area contributed by atoms with E-state index in [1.807, 2.05) is 0 Å². The van der Waals surface area contributed by atoms with E-state index in [1.54, 1.807) is 0 Å². The molecule has 1 fully saturated rings. The summed E-state index contributed by atoms with van der Waals surface area (Å²) >= 11 is 0. The predicted octanol–water partition coefficient (Wildman–Crippen LogP) is 5.39. The summed E-state index contributed by atoms with van der Waals surface area (Å²) in [6, 6.07) is 22.0. The fraction of sp³-hybridized carbons (Fsp3) is 0.333. The van der Waals surface area contributed by atoms with Crippen LogP contribution in [0.25, 0.3) is 0 Å². The Morgan fingerprint density at radius 1 is 0.909 bits per heavy atom. The summed E-state index contributed by atoms with van der Waals surface area (Å²) in [5, 5.41) is 0. The maximum absolute atomic E-state index is 4.44. The third-order valence-electron chi connectivity index (χ3n) is 5.16. The fourth-order valence-corrected chi connectivity index (χ4v) is 3.68. The Morgan fingerprint density at radius 3 is 2.05 bits per heavy atom. The topological polar surface area (TPSA) is 3.24 Å². The minimum atomic E-state index is 0.404. The third kappa shape index (κ3) is 2.81. The summed E-state index contributed by atoms with van der Waals surface area (Å²) in [6.07, 6.45) is 1.20. The second kappa shape index (κ2) is 6.39. The van der Waals surface area contributed by atoms with Crippen molar-refractivity contribution in [1.29, 1.82) is 0 Å². The summed E-state index contributed by atoms with van der Waals surface area (Å²) in [5.41, 5.74) is 4.09. The maximum atomic E-state index is 4.44. The lowest BCUT2D eigenvalue weighted by Crippen LogP contribution is -2.23. The number of hydrogen-bond acceptors (Lipinski definition) is 1. The first-order valence-electron chi connectivity index (χ1n) is 8.24. The minimum absolute atomic E-state index is 0.404. The largest absolute Gasteiger partial charge is 0.368 e. The predicted molar refractivity (Wildman–Crippen MR) is 93.7 cm³/mol. The van der Waals surface area contributed by atoms with Crippen LogP contribution < -0.4 is 0 Å². The van der Waals surface area contributed by atoms with Crippen molar-refractivity contribution in [2.75, 3.05) is 6.54 Å². The lowest BCUT2D eigenvalue weighted by Gasteiger charge is -2.30. The smallest absolute Gasteiger partial charge is 0.0511 e. The highest BCUT2D eigenvalue weighted by molar-refractivity contribution is 5.26. The van der Waals surface area contributed by atoms with E-state index < -0.39 is 0 Å². The van der Waals surface area contributed by atoms with Crippen LogP contribution in [0.1, 0.15) is 43.4 Å². The average Bonchev–Trinajstić information content (AvgIpc) is 2.96. The van der Waals surface area contributed by atoms with Crippen molar-refractivity contribution in [3.05, 3.63) is 84.1 Å². The second-order valence-corrected chi connectivity index (χ2v) is 6.37. The van der Waals surface area contributed by atoms with Gasteiger partial charge in [0.05, 0.1) is 6.04 Å². The summed E-state index contributed by atoms with van der Waals surface area (Å²) in [4.78, 5) is 2.49. The maximum Gasteiger partial charge on any atom is 0.0511 e. The van der Waals surface area contributed by atoms with Crippen molar-refractivity contribution in [1.82, 2.24) is 4.90 Å². The van der Waals surface area contributed by atoms with Crippen molar-refractivity contribution in [3.8, 4) is 0 Å². The van der Waals surface area contributed by atoms with E-state index in [0.717, 1.165) is 6.54 Å². The highest BCUT2D eigenvalue weighted by atomic mass is 15.2. The Balaban J connectivity index is 1.75. The summed E-state index contributed by atoms with van der Waals surface area (Å²) < 4.78 is 0. The number of likely N-dealkylation sites (tertiary alicyclic amines) is 1. The molecule has 2 aromatic carbocycles. The minimum Gasteiger partial charge on any atom is -0.368 e. The van der Waals surface area contributed by atoms with Gasteiger partial charge in [-0.15, -0.1) is 0 Å². The molecule has 1 saturated heterocycles. The van der Waals surface area contributed by atoms with Gasteiger partial charge in [-0.3, -0.25) is 0 Å². The molecule has 0 saturated carbocycles. The van der Waals surface area contributed by atoms with Gasteiger partial charge in [0.1, 0.15) is 0 Å². The van der Waals surface area contributed by atoms with Crippen molar-refractivity contribution >= 4 is 0 Å². The first-order chi connectivity index (χ1) is 10.7. The van der Waals surface area contributed by atoms with Crippen LogP contribution in [0.4, 0.5) is 0 Å². The molecule has 0 bridgehead atoms. The van der Waals surface area contributed by atoms with E-state index in [4.69, 9.17) is 0 Å². The highest BCUT2D eigenvalue weighted by Crippen LogP contribution is 2.41. The van der Waals surface area contributed by atoms with Gasteiger partial charge in [-0.1, -0.05) is 74.2 Å². The Labute approximate surface area is 134 Å². The molecule has 0 radical (unpaired) electrons. The zero-order valence-corrected chi connectivity index (χ0v) is 13.6. The van der Waals surface area contributed by atoms with Gasteiger partial charge in [-0.05, 0) is 30.4 Å². The van der Waals surface area contributed by atoms with Crippen LogP contribution in [0.15, 0.2) is 72.9 Å². The molecule has 3 atom stereocenters. The Hall–Kier alpha value is -2.02. The molecule has 114 valence electrons. The molecule has 0 spiro atoms. The van der Waals surface area contributed by atoms with Gasteiger partial charge in [0.2, 0.25) is 0 Å². The van der Waals surface area contributed by atoms with E-state index in [1.165, 1.54) is 23.2 Å². The van der Waals surface area contributed by atoms with Gasteiger partial charge in [0.15, 0.2) is 0 Å². The van der Waals surface area contributed by atoms with Crippen LogP contribution in [0, 0.1) is 5.92 Å². The standard InChI is InChI=1S/C21H25N/c1-16(19-10-6-4-7-11-19)21-14-15-22(18(21)3)17(2)20-12-8-5-9-13-20/h4-13,16-17,21H,3,14-15H2,1-2H3/t16-,17+,21-/m1/s1. The lowest BCUT2D eigenvalue weighted by molar-refractivity contribution is 0.306. The van der Waals surface area contributed by atoms with Crippen LogP contribution in [0.3, 0.4) is 0 Å². The van der Waals surface area contributed by atoms with E-state index in [2.05, 4.69) is 86.0 Å². The Bertz CT molecular complexity index is 561. The average molecular weight is 291 g/mol. The zero-order valence-electron chi connectivity index (χ0n) is 13.6. The Morgan fingerprint density at radius 2 is 1.45 bits per heavy atom. The van der Waals surface area contributed by atoms with E-state index in [-0.39, 0.29) is 0 Å². The molecule has 0 amide bonds. The van der Waals surface area contributed by atoms with Crippen LogP contribution in [-0.2, 0) is 0 Å². The van der Waals surface area contributed by atoms with Gasteiger partial charge >= 0.3 is 0 Å².